The van der Waals surface area contributed by atoms with E-state index in [1.165, 1.54) is 12.3 Å². The molecule has 1 fully saturated rings. The smallest absolute Gasteiger partial charge is 0.330 e. The number of ether oxygens (including phenoxy) is 2. The highest BCUT2D eigenvalue weighted by Crippen LogP contribution is 2.30. The van der Waals surface area contributed by atoms with Crippen molar-refractivity contribution >= 4 is 0 Å². The maximum atomic E-state index is 11.9. The number of hydrogen-bond acceptors (Lipinski definition) is 6. The molecule has 0 radical (unpaired) electrons. The van der Waals surface area contributed by atoms with E-state index in [1.54, 1.807) is 12.2 Å². The number of aliphatic hydroxyl groups is 2. The second-order valence-corrected chi connectivity index (χ2v) is 5.01. The van der Waals surface area contributed by atoms with Crippen LogP contribution < -0.4 is 11.2 Å². The molecule has 8 heteroatoms. The van der Waals surface area contributed by atoms with Crippen LogP contribution in [0.2, 0.25) is 0 Å². The standard InChI is InChI=1S/C15H20N2O6/c1-2-3-4-5-8-22-13-12(20)10(9-18)23-14(13)17-7-6-11(19)16-15(17)21/h2-7,10,12-14,18,20H,8-9H2,1H3,(H,16,19,21)/b3-2+,5-4+. The molecule has 4 unspecified atom stereocenters. The van der Waals surface area contributed by atoms with Crippen molar-refractivity contribution in [1.82, 2.24) is 9.55 Å². The van der Waals surface area contributed by atoms with E-state index in [1.807, 2.05) is 19.1 Å². The van der Waals surface area contributed by atoms with Crippen molar-refractivity contribution in [3.8, 4) is 0 Å². The zero-order valence-electron chi connectivity index (χ0n) is 12.7. The van der Waals surface area contributed by atoms with E-state index in [4.69, 9.17) is 9.47 Å². The maximum Gasteiger partial charge on any atom is 0.330 e. The Morgan fingerprint density at radius 3 is 2.87 bits per heavy atom. The quantitative estimate of drug-likeness (QED) is 0.597. The summed E-state index contributed by atoms with van der Waals surface area (Å²) in [7, 11) is 0. The predicted octanol–water partition coefficient (Wildman–Crippen LogP) is -0.695. The van der Waals surface area contributed by atoms with E-state index in [9.17, 15) is 19.8 Å². The molecule has 1 aliphatic heterocycles. The summed E-state index contributed by atoms with van der Waals surface area (Å²) in [4.78, 5) is 25.2. The average molecular weight is 324 g/mol. The Morgan fingerprint density at radius 1 is 1.43 bits per heavy atom. The monoisotopic (exact) mass is 324 g/mol. The molecule has 1 aromatic heterocycles. The Kier molecular flexibility index (Phi) is 6.05. The molecule has 8 nitrogen and oxygen atoms in total. The summed E-state index contributed by atoms with van der Waals surface area (Å²) in [6, 6.07) is 1.17. The molecule has 0 spiro atoms. The van der Waals surface area contributed by atoms with Gasteiger partial charge in [-0.15, -0.1) is 0 Å². The van der Waals surface area contributed by atoms with Gasteiger partial charge in [-0.2, -0.15) is 0 Å². The van der Waals surface area contributed by atoms with Crippen LogP contribution in [0.3, 0.4) is 0 Å². The van der Waals surface area contributed by atoms with Gasteiger partial charge in [-0.25, -0.2) is 4.79 Å². The van der Waals surface area contributed by atoms with Gasteiger partial charge in [0.05, 0.1) is 13.2 Å². The molecule has 1 aromatic rings. The van der Waals surface area contributed by atoms with Gasteiger partial charge < -0.3 is 19.7 Å². The minimum absolute atomic E-state index is 0.197. The van der Waals surface area contributed by atoms with Gasteiger partial charge in [0.15, 0.2) is 6.23 Å². The molecule has 0 saturated carbocycles. The highest BCUT2D eigenvalue weighted by molar-refractivity contribution is 5.01. The van der Waals surface area contributed by atoms with Gasteiger partial charge in [0.2, 0.25) is 0 Å². The van der Waals surface area contributed by atoms with Gasteiger partial charge in [0, 0.05) is 12.3 Å². The number of rotatable bonds is 6. The zero-order chi connectivity index (χ0) is 16.8. The van der Waals surface area contributed by atoms with Crippen molar-refractivity contribution in [1.29, 1.82) is 0 Å². The molecule has 0 amide bonds. The molecular formula is C15H20N2O6. The number of aromatic nitrogens is 2. The van der Waals surface area contributed by atoms with Crippen LogP contribution in [0.1, 0.15) is 13.2 Å². The Bertz CT molecular complexity index is 677. The maximum absolute atomic E-state index is 11.9. The van der Waals surface area contributed by atoms with Crippen LogP contribution in [0.25, 0.3) is 0 Å². The number of aromatic amines is 1. The van der Waals surface area contributed by atoms with Gasteiger partial charge in [-0.1, -0.05) is 24.3 Å². The number of aliphatic hydroxyl groups excluding tert-OH is 2. The van der Waals surface area contributed by atoms with E-state index >= 15 is 0 Å². The molecule has 1 saturated heterocycles. The van der Waals surface area contributed by atoms with Crippen LogP contribution in [0.4, 0.5) is 0 Å². The molecule has 126 valence electrons. The van der Waals surface area contributed by atoms with Gasteiger partial charge in [0.1, 0.15) is 18.3 Å². The van der Waals surface area contributed by atoms with Crippen LogP contribution in [-0.4, -0.2) is 51.3 Å². The van der Waals surface area contributed by atoms with E-state index in [2.05, 4.69) is 4.98 Å². The van der Waals surface area contributed by atoms with Crippen molar-refractivity contribution in [2.24, 2.45) is 0 Å². The molecule has 2 rings (SSSR count). The zero-order valence-corrected chi connectivity index (χ0v) is 12.7. The molecule has 3 N–H and O–H groups in total. The summed E-state index contributed by atoms with van der Waals surface area (Å²) in [5.74, 6) is 0. The van der Waals surface area contributed by atoms with E-state index in [0.29, 0.717) is 0 Å². The highest BCUT2D eigenvalue weighted by Gasteiger charge is 2.45. The number of hydrogen-bond donors (Lipinski definition) is 3. The lowest BCUT2D eigenvalue weighted by Gasteiger charge is -2.21. The molecule has 0 aliphatic carbocycles. The van der Waals surface area contributed by atoms with Gasteiger partial charge in [0.25, 0.3) is 5.56 Å². The summed E-state index contributed by atoms with van der Waals surface area (Å²) in [6.07, 6.45) is 4.71. The van der Waals surface area contributed by atoms with Crippen molar-refractivity contribution in [2.45, 2.75) is 31.5 Å². The lowest BCUT2D eigenvalue weighted by Crippen LogP contribution is -2.39. The summed E-state index contributed by atoms with van der Waals surface area (Å²) >= 11 is 0. The van der Waals surface area contributed by atoms with Crippen molar-refractivity contribution in [2.75, 3.05) is 13.2 Å². The molecule has 4 atom stereocenters. The molecule has 23 heavy (non-hydrogen) atoms. The van der Waals surface area contributed by atoms with Crippen molar-refractivity contribution in [3.05, 3.63) is 57.4 Å². The normalized spacial score (nSPS) is 28.1. The first-order chi connectivity index (χ1) is 11.1. The number of nitrogens with one attached hydrogen (secondary N) is 1. The number of nitrogens with zero attached hydrogens (tertiary/aromatic N) is 1. The lowest BCUT2D eigenvalue weighted by molar-refractivity contribution is -0.0686. The summed E-state index contributed by atoms with van der Waals surface area (Å²) < 4.78 is 12.2. The fourth-order valence-electron chi connectivity index (χ4n) is 2.31. The highest BCUT2D eigenvalue weighted by atomic mass is 16.6. The molecule has 0 aromatic carbocycles. The summed E-state index contributed by atoms with van der Waals surface area (Å²) in [5, 5.41) is 19.5. The number of allylic oxidation sites excluding steroid dienone is 3. The second-order valence-electron chi connectivity index (χ2n) is 5.01. The first-order valence-electron chi connectivity index (χ1n) is 7.23. The fraction of sp³-hybridized carbons (Fsp3) is 0.467. The summed E-state index contributed by atoms with van der Waals surface area (Å²) in [5.41, 5.74) is -1.21. The first kappa shape index (κ1) is 17.4. The number of H-pyrrole nitrogens is 1. The topological polar surface area (TPSA) is 114 Å². The van der Waals surface area contributed by atoms with Crippen LogP contribution in [0, 0.1) is 0 Å². The van der Waals surface area contributed by atoms with Crippen LogP contribution in [0.15, 0.2) is 46.2 Å². The third-order valence-corrected chi connectivity index (χ3v) is 3.44. The minimum atomic E-state index is -1.10. The lowest BCUT2D eigenvalue weighted by atomic mass is 10.1. The van der Waals surface area contributed by atoms with Crippen molar-refractivity contribution < 1.29 is 19.7 Å². The van der Waals surface area contributed by atoms with Crippen molar-refractivity contribution in [3.63, 3.8) is 0 Å². The van der Waals surface area contributed by atoms with Crippen LogP contribution in [-0.2, 0) is 9.47 Å². The van der Waals surface area contributed by atoms with Crippen LogP contribution in [0.5, 0.6) is 0 Å². The Hall–Kier alpha value is -2.00. The second kappa shape index (κ2) is 8.02. The fourth-order valence-corrected chi connectivity index (χ4v) is 2.31. The molecule has 2 heterocycles. The molecule has 1 aliphatic rings. The third-order valence-electron chi connectivity index (χ3n) is 3.44. The Labute approximate surface area is 132 Å². The van der Waals surface area contributed by atoms with Gasteiger partial charge >= 0.3 is 5.69 Å². The Balaban J connectivity index is 2.20. The van der Waals surface area contributed by atoms with E-state index in [-0.39, 0.29) is 6.61 Å². The van der Waals surface area contributed by atoms with Crippen LogP contribution >= 0.6 is 0 Å². The largest absolute Gasteiger partial charge is 0.394 e. The SMILES string of the molecule is C/C=C/C=C/COC1C(O)C(CO)OC1n1ccc(=O)[nH]c1=O. The predicted molar refractivity (Wildman–Crippen MR) is 82.0 cm³/mol. The third kappa shape index (κ3) is 4.05. The first-order valence-corrected chi connectivity index (χ1v) is 7.23. The Morgan fingerprint density at radius 2 is 2.22 bits per heavy atom. The molecular weight excluding hydrogens is 304 g/mol. The van der Waals surface area contributed by atoms with E-state index < -0.39 is 42.4 Å². The van der Waals surface area contributed by atoms with Gasteiger partial charge in [-0.05, 0) is 6.92 Å². The summed E-state index contributed by atoms with van der Waals surface area (Å²) in [6.45, 7) is 1.66. The van der Waals surface area contributed by atoms with E-state index in [0.717, 1.165) is 4.57 Å². The minimum Gasteiger partial charge on any atom is -0.394 e. The average Bonchev–Trinajstić information content (AvgIpc) is 2.83. The molecule has 0 bridgehead atoms. The van der Waals surface area contributed by atoms with Gasteiger partial charge in [-0.3, -0.25) is 14.3 Å².